The van der Waals surface area contributed by atoms with Crippen molar-refractivity contribution in [3.8, 4) is 0 Å². The van der Waals surface area contributed by atoms with Gasteiger partial charge in [-0.1, -0.05) is 62.4 Å². The fraction of sp³-hybridized carbons (Fsp3) is 0.368. The maximum Gasteiger partial charge on any atom is 0.0361 e. The van der Waals surface area contributed by atoms with Crippen molar-refractivity contribution in [2.75, 3.05) is 7.05 Å². The second kappa shape index (κ2) is 6.71. The van der Waals surface area contributed by atoms with Gasteiger partial charge < -0.3 is 5.32 Å². The quantitative estimate of drug-likeness (QED) is 0.833. The van der Waals surface area contributed by atoms with E-state index in [-0.39, 0.29) is 0 Å². The molecule has 1 heteroatoms. The SMILES string of the molecule is CNC(Cc1ccc(C(C)C)cc1)c1ccccc1C. The number of hydrogen-bond acceptors (Lipinski definition) is 1. The van der Waals surface area contributed by atoms with Gasteiger partial charge in [0, 0.05) is 6.04 Å². The van der Waals surface area contributed by atoms with Crippen molar-refractivity contribution >= 4 is 0 Å². The molecule has 20 heavy (non-hydrogen) atoms. The van der Waals surface area contributed by atoms with Gasteiger partial charge in [-0.25, -0.2) is 0 Å². The molecule has 0 bridgehead atoms. The summed E-state index contributed by atoms with van der Waals surface area (Å²) < 4.78 is 0. The van der Waals surface area contributed by atoms with E-state index in [0.29, 0.717) is 12.0 Å². The third-order valence-electron chi connectivity index (χ3n) is 4.00. The van der Waals surface area contributed by atoms with Gasteiger partial charge in [-0.2, -0.15) is 0 Å². The first-order valence-corrected chi connectivity index (χ1v) is 7.43. The van der Waals surface area contributed by atoms with Crippen LogP contribution >= 0.6 is 0 Å². The van der Waals surface area contributed by atoms with Gasteiger partial charge in [0.2, 0.25) is 0 Å². The average Bonchev–Trinajstić information content (AvgIpc) is 2.46. The molecule has 0 aromatic heterocycles. The van der Waals surface area contributed by atoms with Crippen molar-refractivity contribution in [3.63, 3.8) is 0 Å². The van der Waals surface area contributed by atoms with E-state index < -0.39 is 0 Å². The fourth-order valence-electron chi connectivity index (χ4n) is 2.62. The molecule has 0 fully saturated rings. The predicted molar refractivity (Wildman–Crippen MR) is 87.2 cm³/mol. The summed E-state index contributed by atoms with van der Waals surface area (Å²) in [5.74, 6) is 0.598. The van der Waals surface area contributed by atoms with Gasteiger partial charge in [0.25, 0.3) is 0 Å². The van der Waals surface area contributed by atoms with E-state index in [9.17, 15) is 0 Å². The molecule has 2 aromatic rings. The van der Waals surface area contributed by atoms with Crippen LogP contribution in [-0.2, 0) is 6.42 Å². The molecule has 1 atom stereocenters. The minimum Gasteiger partial charge on any atom is -0.313 e. The minimum absolute atomic E-state index is 0.376. The molecule has 0 radical (unpaired) electrons. The van der Waals surface area contributed by atoms with Gasteiger partial charge >= 0.3 is 0 Å². The van der Waals surface area contributed by atoms with Crippen LogP contribution in [0.3, 0.4) is 0 Å². The highest BCUT2D eigenvalue weighted by Gasteiger charge is 2.12. The first kappa shape index (κ1) is 14.8. The monoisotopic (exact) mass is 267 g/mol. The van der Waals surface area contributed by atoms with Crippen molar-refractivity contribution in [2.24, 2.45) is 0 Å². The molecule has 0 saturated carbocycles. The molecule has 0 aliphatic carbocycles. The summed E-state index contributed by atoms with van der Waals surface area (Å²) in [6.07, 6.45) is 1.03. The molecule has 0 amide bonds. The van der Waals surface area contributed by atoms with Crippen molar-refractivity contribution in [1.29, 1.82) is 0 Å². The molecule has 2 aromatic carbocycles. The number of rotatable bonds is 5. The summed E-state index contributed by atoms with van der Waals surface area (Å²) in [7, 11) is 2.04. The second-order valence-corrected chi connectivity index (χ2v) is 5.80. The molecule has 106 valence electrons. The Balaban J connectivity index is 2.16. The minimum atomic E-state index is 0.376. The maximum atomic E-state index is 3.45. The summed E-state index contributed by atoms with van der Waals surface area (Å²) in [5, 5.41) is 3.45. The molecule has 1 unspecified atom stereocenters. The number of aryl methyl sites for hydroxylation is 1. The van der Waals surface area contributed by atoms with Crippen LogP contribution in [-0.4, -0.2) is 7.05 Å². The zero-order chi connectivity index (χ0) is 14.5. The third kappa shape index (κ3) is 3.49. The largest absolute Gasteiger partial charge is 0.313 e. The van der Waals surface area contributed by atoms with Crippen LogP contribution in [0.5, 0.6) is 0 Å². The van der Waals surface area contributed by atoms with Crippen LogP contribution < -0.4 is 5.32 Å². The smallest absolute Gasteiger partial charge is 0.0361 e. The van der Waals surface area contributed by atoms with Crippen LogP contribution in [0.2, 0.25) is 0 Å². The summed E-state index contributed by atoms with van der Waals surface area (Å²) in [5.41, 5.74) is 5.54. The van der Waals surface area contributed by atoms with Crippen LogP contribution in [0.15, 0.2) is 48.5 Å². The number of nitrogens with one attached hydrogen (secondary N) is 1. The Kier molecular flexibility index (Phi) is 4.97. The standard InChI is InChI=1S/C19H25N/c1-14(2)17-11-9-16(10-12-17)13-19(20-4)18-8-6-5-7-15(18)3/h5-12,14,19-20H,13H2,1-4H3. The van der Waals surface area contributed by atoms with Gasteiger partial charge in [0.05, 0.1) is 0 Å². The van der Waals surface area contributed by atoms with Gasteiger partial charge in [-0.3, -0.25) is 0 Å². The van der Waals surface area contributed by atoms with E-state index in [1.54, 1.807) is 0 Å². The highest BCUT2D eigenvalue weighted by molar-refractivity contribution is 5.32. The molecule has 0 saturated heterocycles. The predicted octanol–water partition coefficient (Wildman–Crippen LogP) is 4.62. The number of likely N-dealkylation sites (N-methyl/N-ethyl adjacent to an activating group) is 1. The van der Waals surface area contributed by atoms with Gasteiger partial charge in [0.1, 0.15) is 0 Å². The molecular formula is C19H25N. The highest BCUT2D eigenvalue weighted by Crippen LogP contribution is 2.22. The van der Waals surface area contributed by atoms with Gasteiger partial charge in [0.15, 0.2) is 0 Å². The molecule has 0 aliphatic heterocycles. The lowest BCUT2D eigenvalue weighted by Crippen LogP contribution is -2.19. The topological polar surface area (TPSA) is 12.0 Å². The van der Waals surface area contributed by atoms with Gasteiger partial charge in [-0.15, -0.1) is 0 Å². The normalized spacial score (nSPS) is 12.7. The zero-order valence-corrected chi connectivity index (χ0v) is 13.0. The van der Waals surface area contributed by atoms with Gasteiger partial charge in [-0.05, 0) is 48.6 Å². The van der Waals surface area contributed by atoms with E-state index in [1.165, 1.54) is 22.3 Å². The lowest BCUT2D eigenvalue weighted by atomic mass is 9.94. The Bertz CT molecular complexity index is 540. The summed E-state index contributed by atoms with van der Waals surface area (Å²) in [6, 6.07) is 18.0. The van der Waals surface area contributed by atoms with Crippen LogP contribution in [0.1, 0.15) is 48.1 Å². The molecule has 2 rings (SSSR count). The second-order valence-electron chi connectivity index (χ2n) is 5.80. The molecule has 0 heterocycles. The Morgan fingerprint density at radius 1 is 0.950 bits per heavy atom. The zero-order valence-electron chi connectivity index (χ0n) is 13.0. The van der Waals surface area contributed by atoms with Crippen LogP contribution in [0.4, 0.5) is 0 Å². The highest BCUT2D eigenvalue weighted by atomic mass is 14.9. The number of benzene rings is 2. The Morgan fingerprint density at radius 3 is 2.15 bits per heavy atom. The lowest BCUT2D eigenvalue weighted by Gasteiger charge is -2.19. The van der Waals surface area contributed by atoms with E-state index in [1.807, 2.05) is 7.05 Å². The Morgan fingerprint density at radius 2 is 1.60 bits per heavy atom. The number of hydrogen-bond donors (Lipinski definition) is 1. The van der Waals surface area contributed by atoms with Crippen LogP contribution in [0, 0.1) is 6.92 Å². The first-order valence-electron chi connectivity index (χ1n) is 7.43. The molecule has 0 spiro atoms. The third-order valence-corrected chi connectivity index (χ3v) is 4.00. The fourth-order valence-corrected chi connectivity index (χ4v) is 2.62. The maximum absolute atomic E-state index is 3.45. The molecule has 0 aliphatic rings. The van der Waals surface area contributed by atoms with E-state index in [2.05, 4.69) is 74.6 Å². The molecular weight excluding hydrogens is 242 g/mol. The molecule has 1 N–H and O–H groups in total. The van der Waals surface area contributed by atoms with Crippen molar-refractivity contribution in [3.05, 3.63) is 70.8 Å². The van der Waals surface area contributed by atoms with Crippen molar-refractivity contribution in [1.82, 2.24) is 5.32 Å². The van der Waals surface area contributed by atoms with E-state index in [4.69, 9.17) is 0 Å². The lowest BCUT2D eigenvalue weighted by molar-refractivity contribution is 0.589. The summed E-state index contributed by atoms with van der Waals surface area (Å²) >= 11 is 0. The Hall–Kier alpha value is -1.60. The van der Waals surface area contributed by atoms with Crippen molar-refractivity contribution in [2.45, 2.75) is 39.2 Å². The molecule has 1 nitrogen and oxygen atoms in total. The van der Waals surface area contributed by atoms with E-state index in [0.717, 1.165) is 6.42 Å². The van der Waals surface area contributed by atoms with Crippen LogP contribution in [0.25, 0.3) is 0 Å². The summed E-state index contributed by atoms with van der Waals surface area (Å²) in [4.78, 5) is 0. The first-order chi connectivity index (χ1) is 9.61. The summed E-state index contributed by atoms with van der Waals surface area (Å²) in [6.45, 7) is 6.65. The van der Waals surface area contributed by atoms with E-state index >= 15 is 0 Å². The Labute approximate surface area is 123 Å². The average molecular weight is 267 g/mol. The van der Waals surface area contributed by atoms with Crippen molar-refractivity contribution < 1.29 is 0 Å².